The molecule has 0 spiro atoms. The van der Waals surface area contributed by atoms with Gasteiger partial charge in [0.15, 0.2) is 0 Å². The van der Waals surface area contributed by atoms with E-state index in [0.717, 1.165) is 4.99 Å². The van der Waals surface area contributed by atoms with E-state index in [1.54, 1.807) is 0 Å². The van der Waals surface area contributed by atoms with Gasteiger partial charge in [-0.3, -0.25) is 5.32 Å². The molecule has 76 valence electrons. The molecule has 0 saturated carbocycles. The number of thiocarbonyl (C=S) groups is 1. The van der Waals surface area contributed by atoms with Gasteiger partial charge in [0.1, 0.15) is 0 Å². The van der Waals surface area contributed by atoms with Crippen molar-refractivity contribution in [1.29, 1.82) is 0 Å². The zero-order chi connectivity index (χ0) is 10.2. The number of hydrogen-bond donors (Lipinski definition) is 2. The molecule has 2 unspecified atom stereocenters. The van der Waals surface area contributed by atoms with Gasteiger partial charge in [0.25, 0.3) is 0 Å². The Labute approximate surface area is 86.5 Å². The molecular weight excluding hydrogens is 180 g/mol. The summed E-state index contributed by atoms with van der Waals surface area (Å²) in [5.74, 6) is 1.09. The number of rotatable bonds is 2. The maximum absolute atomic E-state index is 5.31. The molecule has 0 aliphatic carbocycles. The lowest BCUT2D eigenvalue weighted by Crippen LogP contribution is -2.52. The second-order valence-corrected chi connectivity index (χ2v) is 5.15. The molecule has 0 amide bonds. The quantitative estimate of drug-likeness (QED) is 0.666. The minimum absolute atomic E-state index is 0.0218. The maximum Gasteiger partial charge on any atom is 0.0943 e. The van der Waals surface area contributed by atoms with Crippen LogP contribution in [0.25, 0.3) is 0 Å². The Kier molecular flexibility index (Phi) is 2.98. The van der Waals surface area contributed by atoms with E-state index in [0.29, 0.717) is 17.9 Å². The third-order valence-corrected chi connectivity index (χ3v) is 3.30. The van der Waals surface area contributed by atoms with Gasteiger partial charge < -0.3 is 5.32 Å². The van der Waals surface area contributed by atoms with Crippen LogP contribution in [0.3, 0.4) is 0 Å². The molecule has 1 heterocycles. The zero-order valence-electron chi connectivity index (χ0n) is 9.14. The molecule has 1 aliphatic rings. The van der Waals surface area contributed by atoms with E-state index in [9.17, 15) is 0 Å². The predicted octanol–water partition coefficient (Wildman–Crippen LogP) is 1.90. The van der Waals surface area contributed by atoms with E-state index < -0.39 is 0 Å². The van der Waals surface area contributed by atoms with Crippen molar-refractivity contribution in [3.63, 3.8) is 0 Å². The molecule has 0 aromatic rings. The van der Waals surface area contributed by atoms with Gasteiger partial charge in [0, 0.05) is 0 Å². The first kappa shape index (κ1) is 10.9. The van der Waals surface area contributed by atoms with Gasteiger partial charge in [-0.05, 0) is 18.8 Å². The first-order valence-corrected chi connectivity index (χ1v) is 5.37. The zero-order valence-corrected chi connectivity index (χ0v) is 9.96. The molecular formula is C10H20N2S. The Hall–Kier alpha value is -0.150. The van der Waals surface area contributed by atoms with Crippen LogP contribution in [0.5, 0.6) is 0 Å². The fraction of sp³-hybridized carbons (Fsp3) is 0.900. The predicted molar refractivity (Wildman–Crippen MR) is 60.7 cm³/mol. The standard InChI is InChI=1S/C10H20N2S/c1-6(2)8-9(13)12-10(5,11-8)7(3)4/h6-8,11H,1-5H3,(H,12,13). The average Bonchev–Trinajstić information content (AvgIpc) is 2.28. The molecule has 1 saturated heterocycles. The van der Waals surface area contributed by atoms with Gasteiger partial charge in [-0.15, -0.1) is 0 Å². The van der Waals surface area contributed by atoms with Gasteiger partial charge in [-0.25, -0.2) is 0 Å². The monoisotopic (exact) mass is 200 g/mol. The van der Waals surface area contributed by atoms with E-state index >= 15 is 0 Å². The second-order valence-electron chi connectivity index (χ2n) is 4.71. The smallest absolute Gasteiger partial charge is 0.0943 e. The SMILES string of the molecule is CC(C)C1NC(C)(C(C)C)NC1=S. The van der Waals surface area contributed by atoms with Crippen LogP contribution in [0.15, 0.2) is 0 Å². The molecule has 1 aliphatic heterocycles. The van der Waals surface area contributed by atoms with Crippen LogP contribution in [0.2, 0.25) is 0 Å². The molecule has 2 N–H and O–H groups in total. The largest absolute Gasteiger partial charge is 0.360 e. The molecule has 13 heavy (non-hydrogen) atoms. The molecule has 0 aromatic carbocycles. The lowest BCUT2D eigenvalue weighted by Gasteiger charge is -2.30. The summed E-state index contributed by atoms with van der Waals surface area (Å²) >= 11 is 5.31. The maximum atomic E-state index is 5.31. The van der Waals surface area contributed by atoms with Crippen LogP contribution in [0.1, 0.15) is 34.6 Å². The summed E-state index contributed by atoms with van der Waals surface area (Å²) in [5.41, 5.74) is -0.0218. The normalized spacial score (nSPS) is 34.4. The van der Waals surface area contributed by atoms with Crippen LogP contribution < -0.4 is 10.6 Å². The van der Waals surface area contributed by atoms with Crippen molar-refractivity contribution in [3.8, 4) is 0 Å². The number of nitrogens with one attached hydrogen (secondary N) is 2. The highest BCUT2D eigenvalue weighted by Gasteiger charge is 2.40. The highest BCUT2D eigenvalue weighted by molar-refractivity contribution is 7.80. The van der Waals surface area contributed by atoms with Crippen molar-refractivity contribution < 1.29 is 0 Å². The lowest BCUT2D eigenvalue weighted by molar-refractivity contribution is 0.250. The molecule has 1 fully saturated rings. The topological polar surface area (TPSA) is 24.1 Å². The van der Waals surface area contributed by atoms with Gasteiger partial charge in [-0.2, -0.15) is 0 Å². The fourth-order valence-corrected chi connectivity index (χ4v) is 2.08. The molecule has 3 heteroatoms. The van der Waals surface area contributed by atoms with Crippen molar-refractivity contribution in [2.24, 2.45) is 11.8 Å². The Bertz CT molecular complexity index is 213. The Morgan fingerprint density at radius 2 is 1.85 bits per heavy atom. The average molecular weight is 200 g/mol. The summed E-state index contributed by atoms with van der Waals surface area (Å²) in [6, 6.07) is 0.336. The van der Waals surface area contributed by atoms with E-state index in [1.807, 2.05) is 0 Å². The van der Waals surface area contributed by atoms with Crippen molar-refractivity contribution >= 4 is 17.2 Å². The molecule has 2 nitrogen and oxygen atoms in total. The van der Waals surface area contributed by atoms with E-state index in [2.05, 4.69) is 45.3 Å². The highest BCUT2D eigenvalue weighted by atomic mass is 32.1. The molecule has 1 rings (SSSR count). The van der Waals surface area contributed by atoms with E-state index in [1.165, 1.54) is 0 Å². The lowest BCUT2D eigenvalue weighted by atomic mass is 9.98. The fourth-order valence-electron chi connectivity index (χ4n) is 1.54. The Balaban J connectivity index is 2.75. The summed E-state index contributed by atoms with van der Waals surface area (Å²) in [4.78, 5) is 0.964. The molecule has 0 aromatic heterocycles. The second kappa shape index (κ2) is 3.54. The van der Waals surface area contributed by atoms with Crippen LogP contribution in [-0.4, -0.2) is 16.7 Å². The van der Waals surface area contributed by atoms with E-state index in [-0.39, 0.29) is 5.66 Å². The van der Waals surface area contributed by atoms with Crippen LogP contribution in [-0.2, 0) is 0 Å². The minimum Gasteiger partial charge on any atom is -0.360 e. The van der Waals surface area contributed by atoms with Crippen molar-refractivity contribution in [3.05, 3.63) is 0 Å². The summed E-state index contributed by atoms with van der Waals surface area (Å²) in [5, 5.41) is 6.95. The first-order chi connectivity index (χ1) is 5.87. The highest BCUT2D eigenvalue weighted by Crippen LogP contribution is 2.22. The molecule has 0 radical (unpaired) electrons. The van der Waals surface area contributed by atoms with Crippen molar-refractivity contribution in [2.45, 2.75) is 46.3 Å². The summed E-state index contributed by atoms with van der Waals surface area (Å²) in [7, 11) is 0. The van der Waals surface area contributed by atoms with E-state index in [4.69, 9.17) is 12.2 Å². The summed E-state index contributed by atoms with van der Waals surface area (Å²) in [6.45, 7) is 11.0. The van der Waals surface area contributed by atoms with Crippen LogP contribution in [0, 0.1) is 11.8 Å². The Morgan fingerprint density at radius 1 is 1.31 bits per heavy atom. The first-order valence-electron chi connectivity index (χ1n) is 4.96. The van der Waals surface area contributed by atoms with Crippen molar-refractivity contribution in [2.75, 3.05) is 0 Å². The summed E-state index contributed by atoms with van der Waals surface area (Å²) < 4.78 is 0. The molecule has 0 bridgehead atoms. The van der Waals surface area contributed by atoms with Crippen LogP contribution in [0.4, 0.5) is 0 Å². The Morgan fingerprint density at radius 3 is 2.08 bits per heavy atom. The third kappa shape index (κ3) is 2.02. The minimum atomic E-state index is -0.0218. The van der Waals surface area contributed by atoms with Gasteiger partial charge >= 0.3 is 0 Å². The van der Waals surface area contributed by atoms with Crippen LogP contribution >= 0.6 is 12.2 Å². The summed E-state index contributed by atoms with van der Waals surface area (Å²) in [6.07, 6.45) is 0. The molecule has 2 atom stereocenters. The van der Waals surface area contributed by atoms with Gasteiger partial charge in [0.2, 0.25) is 0 Å². The third-order valence-electron chi connectivity index (χ3n) is 2.94. The number of hydrogen-bond acceptors (Lipinski definition) is 2. The van der Waals surface area contributed by atoms with Gasteiger partial charge in [0.05, 0.1) is 16.7 Å². The van der Waals surface area contributed by atoms with Gasteiger partial charge in [-0.1, -0.05) is 39.9 Å². The van der Waals surface area contributed by atoms with Crippen molar-refractivity contribution in [1.82, 2.24) is 10.6 Å².